The van der Waals surface area contributed by atoms with Crippen LogP contribution in [0.3, 0.4) is 0 Å². The molecule has 2 N–H and O–H groups in total. The number of hydrogen-bond acceptors (Lipinski definition) is 2. The van der Waals surface area contributed by atoms with E-state index in [1.165, 1.54) is 12.8 Å². The van der Waals surface area contributed by atoms with E-state index in [0.717, 1.165) is 25.9 Å². The molecule has 0 aromatic carbocycles. The van der Waals surface area contributed by atoms with Crippen molar-refractivity contribution < 1.29 is 4.79 Å². The van der Waals surface area contributed by atoms with Gasteiger partial charge in [-0.3, -0.25) is 4.79 Å². The molecule has 0 bridgehead atoms. The molecule has 1 atom stereocenters. The van der Waals surface area contributed by atoms with Gasteiger partial charge in [-0.05, 0) is 63.5 Å². The first-order valence-electron chi connectivity index (χ1n) is 7.66. The van der Waals surface area contributed by atoms with Crippen LogP contribution in [0.1, 0.15) is 60.3 Å². The Morgan fingerprint density at radius 1 is 1.21 bits per heavy atom. The highest BCUT2D eigenvalue weighted by molar-refractivity contribution is 5.83. The van der Waals surface area contributed by atoms with E-state index in [9.17, 15) is 4.79 Å². The quantitative estimate of drug-likeness (QED) is 0.824. The minimum absolute atomic E-state index is 0.105. The largest absolute Gasteiger partial charge is 0.351 e. The highest BCUT2D eigenvalue weighted by atomic mass is 16.2. The Bertz CT molecular complexity index is 348. The van der Waals surface area contributed by atoms with Gasteiger partial charge in [-0.25, -0.2) is 0 Å². The molecular formula is C16H30N2O. The van der Waals surface area contributed by atoms with Crippen LogP contribution in [0, 0.1) is 16.7 Å². The summed E-state index contributed by atoms with van der Waals surface area (Å²) in [5.74, 6) is 0.560. The van der Waals surface area contributed by atoms with Crippen LogP contribution in [-0.2, 0) is 4.79 Å². The molecule has 1 aliphatic heterocycles. The number of carbonyl (C=O) groups is 1. The minimum Gasteiger partial charge on any atom is -0.351 e. The van der Waals surface area contributed by atoms with E-state index in [1.807, 2.05) is 0 Å². The van der Waals surface area contributed by atoms with Crippen LogP contribution >= 0.6 is 0 Å². The van der Waals surface area contributed by atoms with Crippen molar-refractivity contribution in [1.82, 2.24) is 10.6 Å². The van der Waals surface area contributed by atoms with Gasteiger partial charge in [-0.2, -0.15) is 0 Å². The number of hydrogen-bond donors (Lipinski definition) is 2. The molecule has 3 nitrogen and oxygen atoms in total. The zero-order valence-electron chi connectivity index (χ0n) is 13.2. The third-order valence-electron chi connectivity index (χ3n) is 4.54. The first-order chi connectivity index (χ1) is 8.64. The second-order valence-electron chi connectivity index (χ2n) is 8.48. The molecular weight excluding hydrogens is 236 g/mol. The fourth-order valence-electron chi connectivity index (χ4n) is 3.99. The molecule has 1 spiro atoms. The van der Waals surface area contributed by atoms with Gasteiger partial charge < -0.3 is 10.6 Å². The van der Waals surface area contributed by atoms with Crippen molar-refractivity contribution in [3.8, 4) is 0 Å². The van der Waals surface area contributed by atoms with Crippen molar-refractivity contribution in [1.29, 1.82) is 0 Å². The molecule has 1 aliphatic carbocycles. The first-order valence-corrected chi connectivity index (χ1v) is 7.66. The van der Waals surface area contributed by atoms with E-state index < -0.39 is 0 Å². The van der Waals surface area contributed by atoms with Gasteiger partial charge >= 0.3 is 0 Å². The molecule has 3 heteroatoms. The highest BCUT2D eigenvalue weighted by Gasteiger charge is 2.58. The Balaban J connectivity index is 1.88. The van der Waals surface area contributed by atoms with Crippen molar-refractivity contribution >= 4 is 5.91 Å². The Morgan fingerprint density at radius 2 is 1.79 bits per heavy atom. The molecule has 2 fully saturated rings. The van der Waals surface area contributed by atoms with E-state index in [1.54, 1.807) is 0 Å². The van der Waals surface area contributed by atoms with Crippen molar-refractivity contribution in [2.75, 3.05) is 13.1 Å². The summed E-state index contributed by atoms with van der Waals surface area (Å²) in [5.41, 5.74) is 0.478. The Labute approximate surface area is 117 Å². The van der Waals surface area contributed by atoms with Gasteiger partial charge in [0.05, 0.1) is 0 Å². The first kappa shape index (κ1) is 14.8. The molecule has 1 unspecified atom stereocenters. The lowest BCUT2D eigenvalue weighted by Gasteiger charge is -2.34. The average Bonchev–Trinajstić information content (AvgIpc) is 2.88. The summed E-state index contributed by atoms with van der Waals surface area (Å²) in [6, 6.07) is 0. The lowest BCUT2D eigenvalue weighted by molar-refractivity contribution is -0.125. The smallest absolute Gasteiger partial charge is 0.224 e. The average molecular weight is 266 g/mol. The SMILES string of the molecule is CC(C)(C)CC(C)(C)NC(=O)C1CC12CCNCC2. The summed E-state index contributed by atoms with van der Waals surface area (Å²) in [4.78, 5) is 12.4. The Kier molecular flexibility index (Phi) is 3.72. The number of nitrogens with one attached hydrogen (secondary N) is 2. The maximum atomic E-state index is 12.4. The van der Waals surface area contributed by atoms with E-state index in [4.69, 9.17) is 0 Å². The summed E-state index contributed by atoms with van der Waals surface area (Å²) < 4.78 is 0. The second-order valence-corrected chi connectivity index (χ2v) is 8.48. The molecule has 1 amide bonds. The molecule has 1 saturated carbocycles. The van der Waals surface area contributed by atoms with Gasteiger partial charge in [0.25, 0.3) is 0 Å². The van der Waals surface area contributed by atoms with Crippen LogP contribution in [0.2, 0.25) is 0 Å². The topological polar surface area (TPSA) is 41.1 Å². The normalized spacial score (nSPS) is 26.3. The monoisotopic (exact) mass is 266 g/mol. The summed E-state index contributed by atoms with van der Waals surface area (Å²) >= 11 is 0. The molecule has 1 heterocycles. The molecule has 2 aliphatic rings. The van der Waals surface area contributed by atoms with Crippen LogP contribution in [0.4, 0.5) is 0 Å². The van der Waals surface area contributed by atoms with Crippen molar-refractivity contribution in [2.24, 2.45) is 16.7 Å². The van der Waals surface area contributed by atoms with Gasteiger partial charge in [0, 0.05) is 11.5 Å². The summed E-state index contributed by atoms with van der Waals surface area (Å²) in [6.45, 7) is 13.1. The lowest BCUT2D eigenvalue weighted by Crippen LogP contribution is -2.47. The van der Waals surface area contributed by atoms with Crippen molar-refractivity contribution in [3.63, 3.8) is 0 Å². The zero-order valence-corrected chi connectivity index (χ0v) is 13.2. The van der Waals surface area contributed by atoms with Gasteiger partial charge in [-0.15, -0.1) is 0 Å². The predicted octanol–water partition coefficient (Wildman–Crippen LogP) is 2.71. The minimum atomic E-state index is -0.105. The van der Waals surface area contributed by atoms with E-state index in [-0.39, 0.29) is 22.8 Å². The van der Waals surface area contributed by atoms with E-state index in [0.29, 0.717) is 5.41 Å². The molecule has 0 aromatic rings. The van der Waals surface area contributed by atoms with Gasteiger partial charge in [0.1, 0.15) is 0 Å². The standard InChI is InChI=1S/C16H30N2O/c1-14(2,3)11-15(4,5)18-13(19)12-10-16(12)6-8-17-9-7-16/h12,17H,6-11H2,1-5H3,(H,18,19). The third-order valence-corrected chi connectivity index (χ3v) is 4.54. The predicted molar refractivity (Wildman–Crippen MR) is 78.9 cm³/mol. The molecule has 0 radical (unpaired) electrons. The van der Waals surface area contributed by atoms with E-state index in [2.05, 4.69) is 45.3 Å². The molecule has 0 aromatic heterocycles. The molecule has 110 valence electrons. The van der Waals surface area contributed by atoms with Gasteiger partial charge in [-0.1, -0.05) is 20.8 Å². The van der Waals surface area contributed by atoms with Crippen molar-refractivity contribution in [2.45, 2.75) is 65.8 Å². The van der Waals surface area contributed by atoms with Crippen LogP contribution in [0.15, 0.2) is 0 Å². The summed E-state index contributed by atoms with van der Waals surface area (Å²) in [5, 5.41) is 6.67. The third kappa shape index (κ3) is 3.71. The summed E-state index contributed by atoms with van der Waals surface area (Å²) in [7, 11) is 0. The van der Waals surface area contributed by atoms with Crippen LogP contribution in [0.25, 0.3) is 0 Å². The van der Waals surface area contributed by atoms with Crippen molar-refractivity contribution in [3.05, 3.63) is 0 Å². The fraction of sp³-hybridized carbons (Fsp3) is 0.938. The summed E-state index contributed by atoms with van der Waals surface area (Å²) in [6.07, 6.45) is 4.45. The van der Waals surface area contributed by atoms with Crippen LogP contribution < -0.4 is 10.6 Å². The van der Waals surface area contributed by atoms with Gasteiger partial charge in [0.2, 0.25) is 5.91 Å². The second kappa shape index (κ2) is 4.76. The van der Waals surface area contributed by atoms with E-state index >= 15 is 0 Å². The number of amides is 1. The highest BCUT2D eigenvalue weighted by Crippen LogP contribution is 2.58. The Hall–Kier alpha value is -0.570. The number of rotatable bonds is 3. The van der Waals surface area contributed by atoms with Crippen LogP contribution in [0.5, 0.6) is 0 Å². The molecule has 2 rings (SSSR count). The number of piperidine rings is 1. The maximum Gasteiger partial charge on any atom is 0.224 e. The van der Waals surface area contributed by atoms with Gasteiger partial charge in [0.15, 0.2) is 0 Å². The maximum absolute atomic E-state index is 12.4. The fourth-order valence-corrected chi connectivity index (χ4v) is 3.99. The Morgan fingerprint density at radius 3 is 2.32 bits per heavy atom. The zero-order chi connectivity index (χ0) is 14.3. The van der Waals surface area contributed by atoms with Crippen LogP contribution in [-0.4, -0.2) is 24.5 Å². The molecule has 19 heavy (non-hydrogen) atoms. The molecule has 1 saturated heterocycles. The lowest BCUT2D eigenvalue weighted by atomic mass is 9.81. The number of carbonyl (C=O) groups excluding carboxylic acids is 1.